The second-order valence-corrected chi connectivity index (χ2v) is 9.54. The monoisotopic (exact) mass is 429 g/mol. The number of carbonyl (C=O) groups is 2. The molecule has 0 atom stereocenters. The summed E-state index contributed by atoms with van der Waals surface area (Å²) in [4.78, 5) is 27.5. The van der Waals surface area contributed by atoms with E-state index in [0.717, 1.165) is 6.26 Å². The molecule has 0 spiro atoms. The summed E-state index contributed by atoms with van der Waals surface area (Å²) in [5.74, 6) is 0.735. The predicted octanol–water partition coefficient (Wildman–Crippen LogP) is 2.60. The first kappa shape index (κ1) is 20.4. The Morgan fingerprint density at radius 1 is 0.967 bits per heavy atom. The summed E-state index contributed by atoms with van der Waals surface area (Å²) in [6.07, 6.45) is 2.15. The first-order valence-corrected chi connectivity index (χ1v) is 11.8. The summed E-state index contributed by atoms with van der Waals surface area (Å²) in [5, 5.41) is 0. The lowest BCUT2D eigenvalue weighted by molar-refractivity contribution is 0.0647. The highest BCUT2D eigenvalue weighted by Gasteiger charge is 2.30. The van der Waals surface area contributed by atoms with E-state index in [1.165, 1.54) is 12.1 Å². The van der Waals surface area contributed by atoms with Crippen molar-refractivity contribution in [2.24, 2.45) is 5.92 Å². The van der Waals surface area contributed by atoms with Crippen LogP contribution in [0.15, 0.2) is 47.4 Å². The van der Waals surface area contributed by atoms with Gasteiger partial charge < -0.3 is 14.4 Å². The van der Waals surface area contributed by atoms with E-state index in [0.29, 0.717) is 56.2 Å². The number of piperidine rings is 1. The summed E-state index contributed by atoms with van der Waals surface area (Å²) in [6, 6.07) is 11.5. The van der Waals surface area contributed by atoms with Crippen molar-refractivity contribution < 1.29 is 27.5 Å². The Hall–Kier alpha value is -2.87. The fourth-order valence-electron chi connectivity index (χ4n) is 3.91. The van der Waals surface area contributed by atoms with Gasteiger partial charge in [-0.05, 0) is 43.2 Å². The van der Waals surface area contributed by atoms with Gasteiger partial charge in [0.2, 0.25) is 0 Å². The molecular weight excluding hydrogens is 406 g/mol. The molecule has 2 aromatic rings. The van der Waals surface area contributed by atoms with Crippen LogP contribution in [0.2, 0.25) is 0 Å². The maximum absolute atomic E-state index is 12.9. The number of rotatable bonds is 4. The third-order valence-electron chi connectivity index (χ3n) is 5.50. The van der Waals surface area contributed by atoms with Crippen molar-refractivity contribution in [3.05, 3.63) is 53.6 Å². The number of likely N-dealkylation sites (tertiary alicyclic amines) is 1. The van der Waals surface area contributed by atoms with Gasteiger partial charge >= 0.3 is 0 Å². The largest absolute Gasteiger partial charge is 0.486 e. The molecule has 1 saturated heterocycles. The van der Waals surface area contributed by atoms with E-state index in [9.17, 15) is 18.0 Å². The van der Waals surface area contributed by atoms with Gasteiger partial charge in [0, 0.05) is 30.8 Å². The molecule has 1 amide bonds. The summed E-state index contributed by atoms with van der Waals surface area (Å²) >= 11 is 0. The van der Waals surface area contributed by atoms with E-state index in [1.807, 2.05) is 0 Å². The number of hydrogen-bond donors (Lipinski definition) is 0. The Kier molecular flexibility index (Phi) is 5.51. The second-order valence-electron chi connectivity index (χ2n) is 7.56. The van der Waals surface area contributed by atoms with Crippen molar-refractivity contribution in [3.63, 3.8) is 0 Å². The molecule has 0 aliphatic carbocycles. The zero-order chi connectivity index (χ0) is 21.3. The molecule has 0 unspecified atom stereocenters. The van der Waals surface area contributed by atoms with E-state index in [-0.39, 0.29) is 28.1 Å². The van der Waals surface area contributed by atoms with Crippen LogP contribution in [-0.2, 0) is 9.84 Å². The quantitative estimate of drug-likeness (QED) is 0.694. The van der Waals surface area contributed by atoms with Crippen molar-refractivity contribution in [2.75, 3.05) is 32.6 Å². The summed E-state index contributed by atoms with van der Waals surface area (Å²) < 4.78 is 35.1. The number of carbonyl (C=O) groups excluding carboxylic acids is 2. The lowest BCUT2D eigenvalue weighted by Gasteiger charge is -2.32. The minimum atomic E-state index is -3.51. The first-order valence-electron chi connectivity index (χ1n) is 9.87. The van der Waals surface area contributed by atoms with Gasteiger partial charge in [0.15, 0.2) is 27.1 Å². The number of fused-ring (bicyclic) bond motifs is 1. The lowest BCUT2D eigenvalue weighted by atomic mass is 9.88. The SMILES string of the molecule is CS(=O)(=O)c1ccccc1C(=O)N1CCC(C(=O)c2ccc3c(c2)OCCO3)CC1. The Morgan fingerprint density at radius 2 is 1.63 bits per heavy atom. The van der Waals surface area contributed by atoms with Crippen molar-refractivity contribution in [1.82, 2.24) is 4.90 Å². The van der Waals surface area contributed by atoms with Crippen LogP contribution in [0.25, 0.3) is 0 Å². The molecule has 4 rings (SSSR count). The number of ketones is 1. The smallest absolute Gasteiger partial charge is 0.255 e. The fraction of sp³-hybridized carbons (Fsp3) is 0.364. The molecule has 0 aromatic heterocycles. The van der Waals surface area contributed by atoms with Crippen molar-refractivity contribution >= 4 is 21.5 Å². The Labute approximate surface area is 175 Å². The molecule has 2 heterocycles. The van der Waals surface area contributed by atoms with Crippen LogP contribution in [0, 0.1) is 5.92 Å². The number of amides is 1. The topological polar surface area (TPSA) is 90.0 Å². The number of nitrogens with zero attached hydrogens (tertiary/aromatic N) is 1. The van der Waals surface area contributed by atoms with Crippen molar-refractivity contribution in [2.45, 2.75) is 17.7 Å². The summed E-state index contributed by atoms with van der Waals surface area (Å²) in [5.41, 5.74) is 0.753. The van der Waals surface area contributed by atoms with Gasteiger partial charge in [-0.3, -0.25) is 9.59 Å². The van der Waals surface area contributed by atoms with Gasteiger partial charge in [-0.1, -0.05) is 12.1 Å². The van der Waals surface area contributed by atoms with Crippen LogP contribution in [-0.4, -0.2) is 57.6 Å². The van der Waals surface area contributed by atoms with Crippen LogP contribution in [0.3, 0.4) is 0 Å². The van der Waals surface area contributed by atoms with Crippen LogP contribution < -0.4 is 9.47 Å². The zero-order valence-electron chi connectivity index (χ0n) is 16.7. The Balaban J connectivity index is 1.44. The van der Waals surface area contributed by atoms with Crippen molar-refractivity contribution in [1.29, 1.82) is 0 Å². The molecule has 30 heavy (non-hydrogen) atoms. The highest BCUT2D eigenvalue weighted by atomic mass is 32.2. The minimum absolute atomic E-state index is 0.0237. The van der Waals surface area contributed by atoms with E-state index in [4.69, 9.17) is 9.47 Å². The molecule has 2 aliphatic rings. The molecule has 0 bridgehead atoms. The van der Waals surface area contributed by atoms with Crippen LogP contribution in [0.1, 0.15) is 33.6 Å². The Bertz CT molecular complexity index is 1090. The standard InChI is InChI=1S/C22H23NO6S/c1-30(26,27)20-5-3-2-4-17(20)22(25)23-10-8-15(9-11-23)21(24)16-6-7-18-19(14-16)29-13-12-28-18/h2-7,14-15H,8-13H2,1H3. The highest BCUT2D eigenvalue weighted by Crippen LogP contribution is 2.33. The van der Waals surface area contributed by atoms with Gasteiger partial charge in [0.05, 0.1) is 10.5 Å². The molecule has 158 valence electrons. The normalized spacial score (nSPS) is 16.9. The van der Waals surface area contributed by atoms with Gasteiger partial charge in [-0.2, -0.15) is 0 Å². The fourth-order valence-corrected chi connectivity index (χ4v) is 4.79. The lowest BCUT2D eigenvalue weighted by Crippen LogP contribution is -2.40. The molecule has 0 radical (unpaired) electrons. The molecule has 0 saturated carbocycles. The predicted molar refractivity (Wildman–Crippen MR) is 110 cm³/mol. The highest BCUT2D eigenvalue weighted by molar-refractivity contribution is 7.90. The number of Topliss-reactive ketones (excluding diaryl/α,β-unsaturated/α-hetero) is 1. The molecule has 0 N–H and O–H groups in total. The summed E-state index contributed by atoms with van der Waals surface area (Å²) in [7, 11) is -3.51. The van der Waals surface area contributed by atoms with Gasteiger partial charge in [-0.25, -0.2) is 8.42 Å². The zero-order valence-corrected chi connectivity index (χ0v) is 17.5. The molecule has 2 aliphatic heterocycles. The van der Waals surface area contributed by atoms with Crippen LogP contribution in [0.5, 0.6) is 11.5 Å². The number of sulfone groups is 1. The van der Waals surface area contributed by atoms with E-state index in [2.05, 4.69) is 0 Å². The molecule has 1 fully saturated rings. The third-order valence-corrected chi connectivity index (χ3v) is 6.65. The van der Waals surface area contributed by atoms with Crippen LogP contribution in [0.4, 0.5) is 0 Å². The van der Waals surface area contributed by atoms with Gasteiger partial charge in [0.1, 0.15) is 13.2 Å². The van der Waals surface area contributed by atoms with E-state index >= 15 is 0 Å². The molecular formula is C22H23NO6S. The molecule has 8 heteroatoms. The average Bonchev–Trinajstić information content (AvgIpc) is 2.77. The van der Waals surface area contributed by atoms with Gasteiger partial charge in [0.25, 0.3) is 5.91 Å². The number of hydrogen-bond acceptors (Lipinski definition) is 6. The van der Waals surface area contributed by atoms with Gasteiger partial charge in [-0.15, -0.1) is 0 Å². The summed E-state index contributed by atoms with van der Waals surface area (Å²) in [6.45, 7) is 1.76. The minimum Gasteiger partial charge on any atom is -0.486 e. The number of ether oxygens (including phenoxy) is 2. The average molecular weight is 429 g/mol. The van der Waals surface area contributed by atoms with E-state index < -0.39 is 9.84 Å². The van der Waals surface area contributed by atoms with Crippen molar-refractivity contribution in [3.8, 4) is 11.5 Å². The Morgan fingerprint density at radius 3 is 2.33 bits per heavy atom. The maximum Gasteiger partial charge on any atom is 0.255 e. The van der Waals surface area contributed by atoms with Crippen LogP contribution >= 0.6 is 0 Å². The molecule has 2 aromatic carbocycles. The first-order chi connectivity index (χ1) is 14.3. The maximum atomic E-state index is 12.9. The molecule has 7 nitrogen and oxygen atoms in total. The second kappa shape index (κ2) is 8.10. The number of benzene rings is 2. The third kappa shape index (κ3) is 4.05. The van der Waals surface area contributed by atoms with E-state index in [1.54, 1.807) is 35.2 Å².